The number of hydrogen-bond acceptors (Lipinski definition) is 2. The van der Waals surface area contributed by atoms with Gasteiger partial charge in [0.05, 0.1) is 0 Å². The van der Waals surface area contributed by atoms with E-state index in [0.717, 1.165) is 5.41 Å². The molecule has 1 saturated heterocycles. The molecule has 2 rings (SSSR count). The van der Waals surface area contributed by atoms with Gasteiger partial charge in [-0.25, -0.2) is 0 Å². The molecule has 0 radical (unpaired) electrons. The van der Waals surface area contributed by atoms with Crippen LogP contribution in [-0.2, 0) is 0 Å². The standard InChI is InChI=1S/C16H32N2/c1-17(2)12-7-13-18-14-10-16(11-15-18)8-5-3-4-6-9-16/h3-15H2,1-2H3. The van der Waals surface area contributed by atoms with Crippen molar-refractivity contribution in [1.82, 2.24) is 9.80 Å². The average Bonchev–Trinajstić information content (AvgIpc) is 2.58. The molecule has 106 valence electrons. The Balaban J connectivity index is 1.70. The molecule has 2 heteroatoms. The molecule has 0 amide bonds. The van der Waals surface area contributed by atoms with Crippen LogP contribution in [-0.4, -0.2) is 50.1 Å². The third-order valence-corrected chi connectivity index (χ3v) is 5.16. The number of nitrogens with zero attached hydrogens (tertiary/aromatic N) is 2. The molecule has 0 N–H and O–H groups in total. The van der Waals surface area contributed by atoms with Crippen LogP contribution in [0.1, 0.15) is 57.8 Å². The maximum Gasteiger partial charge on any atom is -0.000654 e. The lowest BCUT2D eigenvalue weighted by atomic mass is 9.72. The summed E-state index contributed by atoms with van der Waals surface area (Å²) in [6.07, 6.45) is 13.3. The second-order valence-electron chi connectivity index (χ2n) is 6.91. The van der Waals surface area contributed by atoms with Gasteiger partial charge in [0.15, 0.2) is 0 Å². The van der Waals surface area contributed by atoms with E-state index in [0.29, 0.717) is 0 Å². The van der Waals surface area contributed by atoms with Crippen molar-refractivity contribution >= 4 is 0 Å². The van der Waals surface area contributed by atoms with Crippen LogP contribution in [0.2, 0.25) is 0 Å². The molecule has 0 unspecified atom stereocenters. The molecule has 0 aromatic carbocycles. The number of hydrogen-bond donors (Lipinski definition) is 0. The third-order valence-electron chi connectivity index (χ3n) is 5.16. The Morgan fingerprint density at radius 2 is 1.50 bits per heavy atom. The van der Waals surface area contributed by atoms with Crippen molar-refractivity contribution in [3.05, 3.63) is 0 Å². The maximum absolute atomic E-state index is 2.71. The van der Waals surface area contributed by atoms with E-state index in [-0.39, 0.29) is 0 Å². The lowest BCUT2D eigenvalue weighted by Crippen LogP contribution is -2.40. The summed E-state index contributed by atoms with van der Waals surface area (Å²) in [5, 5.41) is 0. The van der Waals surface area contributed by atoms with Crippen molar-refractivity contribution in [2.24, 2.45) is 5.41 Å². The molecule has 2 fully saturated rings. The van der Waals surface area contributed by atoms with Crippen LogP contribution in [0.3, 0.4) is 0 Å². The molecule has 1 saturated carbocycles. The predicted molar refractivity (Wildman–Crippen MR) is 79.0 cm³/mol. The van der Waals surface area contributed by atoms with E-state index in [4.69, 9.17) is 0 Å². The summed E-state index contributed by atoms with van der Waals surface area (Å²) in [4.78, 5) is 5.01. The zero-order valence-corrected chi connectivity index (χ0v) is 12.6. The smallest absolute Gasteiger partial charge is 0.000654 e. The first-order valence-corrected chi connectivity index (χ1v) is 8.07. The van der Waals surface area contributed by atoms with E-state index in [1.807, 2.05) is 0 Å². The van der Waals surface area contributed by atoms with Gasteiger partial charge < -0.3 is 9.80 Å². The van der Waals surface area contributed by atoms with Gasteiger partial charge in [0.25, 0.3) is 0 Å². The first kappa shape index (κ1) is 14.3. The maximum atomic E-state index is 2.71. The Morgan fingerprint density at radius 1 is 0.889 bits per heavy atom. The summed E-state index contributed by atoms with van der Waals surface area (Å²) in [5.41, 5.74) is 0.758. The SMILES string of the molecule is CN(C)CCCN1CCC2(CCCCCC2)CC1. The van der Waals surface area contributed by atoms with Crippen LogP contribution in [0.15, 0.2) is 0 Å². The highest BCUT2D eigenvalue weighted by atomic mass is 15.1. The fourth-order valence-corrected chi connectivity index (χ4v) is 3.84. The fourth-order valence-electron chi connectivity index (χ4n) is 3.84. The summed E-state index contributed by atoms with van der Waals surface area (Å²) < 4.78 is 0. The van der Waals surface area contributed by atoms with Crippen LogP contribution in [0.5, 0.6) is 0 Å². The normalized spacial score (nSPS) is 25.5. The molecule has 2 nitrogen and oxygen atoms in total. The van der Waals surface area contributed by atoms with Crippen LogP contribution in [0.25, 0.3) is 0 Å². The molecule has 1 heterocycles. The van der Waals surface area contributed by atoms with Gasteiger partial charge in [-0.15, -0.1) is 0 Å². The van der Waals surface area contributed by atoms with Gasteiger partial charge in [-0.3, -0.25) is 0 Å². The molecule has 0 atom stereocenters. The van der Waals surface area contributed by atoms with E-state index in [9.17, 15) is 0 Å². The minimum atomic E-state index is 0.758. The van der Waals surface area contributed by atoms with Crippen LogP contribution >= 0.6 is 0 Å². The number of piperidine rings is 1. The van der Waals surface area contributed by atoms with Crippen molar-refractivity contribution in [2.75, 3.05) is 40.3 Å². The average molecular weight is 252 g/mol. The summed E-state index contributed by atoms with van der Waals surface area (Å²) in [6.45, 7) is 5.29. The lowest BCUT2D eigenvalue weighted by Gasteiger charge is -2.41. The van der Waals surface area contributed by atoms with E-state index >= 15 is 0 Å². The summed E-state index contributed by atoms with van der Waals surface area (Å²) in [6, 6.07) is 0. The molecule has 0 aromatic rings. The molecule has 1 aliphatic heterocycles. The van der Waals surface area contributed by atoms with Gasteiger partial charge in [-0.2, -0.15) is 0 Å². The largest absolute Gasteiger partial charge is 0.309 e. The van der Waals surface area contributed by atoms with Crippen molar-refractivity contribution in [3.8, 4) is 0 Å². The number of likely N-dealkylation sites (tertiary alicyclic amines) is 1. The highest BCUT2D eigenvalue weighted by Gasteiger charge is 2.34. The zero-order chi connectivity index (χ0) is 12.8. The minimum Gasteiger partial charge on any atom is -0.309 e. The number of rotatable bonds is 4. The molecular weight excluding hydrogens is 220 g/mol. The first-order valence-electron chi connectivity index (χ1n) is 8.07. The van der Waals surface area contributed by atoms with Crippen molar-refractivity contribution in [2.45, 2.75) is 57.8 Å². The van der Waals surface area contributed by atoms with Gasteiger partial charge in [-0.05, 0) is 77.8 Å². The topological polar surface area (TPSA) is 6.48 Å². The fraction of sp³-hybridized carbons (Fsp3) is 1.00. The Bertz CT molecular complexity index is 219. The third kappa shape index (κ3) is 4.24. The van der Waals surface area contributed by atoms with Gasteiger partial charge in [0.1, 0.15) is 0 Å². The van der Waals surface area contributed by atoms with Crippen molar-refractivity contribution in [1.29, 1.82) is 0 Å². The highest BCUT2D eigenvalue weighted by molar-refractivity contribution is 4.87. The van der Waals surface area contributed by atoms with Gasteiger partial charge >= 0.3 is 0 Å². The van der Waals surface area contributed by atoms with Crippen molar-refractivity contribution < 1.29 is 0 Å². The van der Waals surface area contributed by atoms with E-state index in [2.05, 4.69) is 23.9 Å². The molecule has 0 bridgehead atoms. The highest BCUT2D eigenvalue weighted by Crippen LogP contribution is 2.43. The Hall–Kier alpha value is -0.0800. The molecule has 2 aliphatic rings. The van der Waals surface area contributed by atoms with E-state index in [1.165, 1.54) is 84.0 Å². The first-order chi connectivity index (χ1) is 8.70. The second kappa shape index (κ2) is 6.91. The van der Waals surface area contributed by atoms with Crippen LogP contribution < -0.4 is 0 Å². The van der Waals surface area contributed by atoms with E-state index < -0.39 is 0 Å². The monoisotopic (exact) mass is 252 g/mol. The second-order valence-corrected chi connectivity index (χ2v) is 6.91. The summed E-state index contributed by atoms with van der Waals surface area (Å²) >= 11 is 0. The Labute approximate surface area is 114 Å². The summed E-state index contributed by atoms with van der Waals surface area (Å²) in [7, 11) is 4.35. The molecule has 0 aromatic heterocycles. The summed E-state index contributed by atoms with van der Waals surface area (Å²) in [5.74, 6) is 0. The quantitative estimate of drug-likeness (QED) is 0.757. The Morgan fingerprint density at radius 3 is 2.06 bits per heavy atom. The van der Waals surface area contributed by atoms with Gasteiger partial charge in [0, 0.05) is 0 Å². The molecule has 1 aliphatic carbocycles. The van der Waals surface area contributed by atoms with Crippen LogP contribution in [0, 0.1) is 5.41 Å². The zero-order valence-electron chi connectivity index (χ0n) is 12.6. The minimum absolute atomic E-state index is 0.758. The predicted octanol–water partition coefficient (Wildman–Crippen LogP) is 3.37. The molecular formula is C16H32N2. The van der Waals surface area contributed by atoms with Crippen LogP contribution in [0.4, 0.5) is 0 Å². The van der Waals surface area contributed by atoms with Gasteiger partial charge in [-0.1, -0.05) is 25.7 Å². The van der Waals surface area contributed by atoms with Crippen molar-refractivity contribution in [3.63, 3.8) is 0 Å². The molecule has 18 heavy (non-hydrogen) atoms. The van der Waals surface area contributed by atoms with E-state index in [1.54, 1.807) is 0 Å². The Kier molecular flexibility index (Phi) is 5.50. The molecule has 1 spiro atoms. The lowest BCUT2D eigenvalue weighted by molar-refractivity contribution is 0.0867. The van der Waals surface area contributed by atoms with Gasteiger partial charge in [0.2, 0.25) is 0 Å².